The lowest BCUT2D eigenvalue weighted by Gasteiger charge is -2.22. The van der Waals surface area contributed by atoms with Gasteiger partial charge in [-0.15, -0.1) is 0 Å². The maximum Gasteiger partial charge on any atom is 0.269 e. The zero-order valence-electron chi connectivity index (χ0n) is 22.8. The van der Waals surface area contributed by atoms with Gasteiger partial charge in [0.05, 0.1) is 34.6 Å². The molecule has 0 amide bonds. The number of aromatic nitrogens is 4. The highest BCUT2D eigenvalue weighted by Gasteiger charge is 2.26. The van der Waals surface area contributed by atoms with Crippen molar-refractivity contribution >= 4 is 28.3 Å². The van der Waals surface area contributed by atoms with E-state index < -0.39 is 40.9 Å². The number of halogens is 3. The molecule has 0 aliphatic heterocycles. The summed E-state index contributed by atoms with van der Waals surface area (Å²) in [6.45, 7) is 5.02. The Morgan fingerprint density at radius 2 is 1.71 bits per heavy atom. The lowest BCUT2D eigenvalue weighted by Crippen LogP contribution is -2.28. The molecule has 0 aliphatic carbocycles. The van der Waals surface area contributed by atoms with E-state index in [0.29, 0.717) is 5.69 Å². The average molecular weight is 574 g/mol. The Kier molecular flexibility index (Phi) is 7.62. The third-order valence-electron chi connectivity index (χ3n) is 6.43. The van der Waals surface area contributed by atoms with Crippen molar-refractivity contribution in [2.24, 2.45) is 0 Å². The highest BCUT2D eigenvalue weighted by molar-refractivity contribution is 6.16. The number of fused-ring (bicyclic) bond motifs is 1. The maximum absolute atomic E-state index is 15.1. The molecule has 0 aliphatic rings. The molecule has 42 heavy (non-hydrogen) atoms. The molecule has 4 N–H and O–H groups in total. The fourth-order valence-electron chi connectivity index (χ4n) is 4.55. The SMILES string of the molecule is CC(C)Oc1ccc(C(=N)c2c(N)ncnc2NC(C)c2nc3cccc(F)c3c(=O)n2-c2ccccc2)c(F)c1F. The van der Waals surface area contributed by atoms with Gasteiger partial charge < -0.3 is 15.8 Å². The van der Waals surface area contributed by atoms with Crippen LogP contribution >= 0.6 is 0 Å². The molecule has 0 fully saturated rings. The van der Waals surface area contributed by atoms with Crippen molar-refractivity contribution in [3.8, 4) is 11.4 Å². The summed E-state index contributed by atoms with van der Waals surface area (Å²) in [6, 6.07) is 14.4. The molecule has 0 spiro atoms. The van der Waals surface area contributed by atoms with Crippen LogP contribution in [-0.4, -0.2) is 31.3 Å². The van der Waals surface area contributed by atoms with Crippen molar-refractivity contribution in [3.63, 3.8) is 0 Å². The molecular weight excluding hydrogens is 547 g/mol. The van der Waals surface area contributed by atoms with Gasteiger partial charge in [-0.05, 0) is 57.2 Å². The second-order valence-corrected chi connectivity index (χ2v) is 9.71. The standard InChI is InChI=1S/C30H26F3N7O2/c1-15(2)42-21-13-12-18(24(32)25(21)33)26(34)23-27(35)36-14-37-28(23)38-16(3)29-39-20-11-7-10-19(31)22(20)30(41)40(29)17-8-5-4-6-9-17/h4-16,34H,1-3H3,(H3,35,36,37,38). The molecule has 214 valence electrons. The van der Waals surface area contributed by atoms with Gasteiger partial charge in [-0.2, -0.15) is 4.39 Å². The largest absolute Gasteiger partial charge is 0.488 e. The van der Waals surface area contributed by atoms with E-state index >= 15 is 4.39 Å². The Morgan fingerprint density at radius 3 is 2.43 bits per heavy atom. The topological polar surface area (TPSA) is 132 Å². The van der Waals surface area contributed by atoms with E-state index in [1.54, 1.807) is 51.1 Å². The van der Waals surface area contributed by atoms with Gasteiger partial charge in [0.25, 0.3) is 5.56 Å². The maximum atomic E-state index is 15.1. The molecule has 2 heterocycles. The second-order valence-electron chi connectivity index (χ2n) is 9.71. The van der Waals surface area contributed by atoms with Crippen LogP contribution in [0.4, 0.5) is 24.8 Å². The molecule has 1 atom stereocenters. The van der Waals surface area contributed by atoms with E-state index in [2.05, 4.69) is 20.3 Å². The number of nitrogen functional groups attached to an aromatic ring is 1. The van der Waals surface area contributed by atoms with Crippen molar-refractivity contribution in [2.75, 3.05) is 11.1 Å². The molecule has 9 nitrogen and oxygen atoms in total. The van der Waals surface area contributed by atoms with E-state index in [1.807, 2.05) is 0 Å². The number of benzene rings is 3. The summed E-state index contributed by atoms with van der Waals surface area (Å²) < 4.78 is 51.2. The number of nitrogens with one attached hydrogen (secondary N) is 2. The summed E-state index contributed by atoms with van der Waals surface area (Å²) >= 11 is 0. The van der Waals surface area contributed by atoms with E-state index in [4.69, 9.17) is 15.9 Å². The smallest absolute Gasteiger partial charge is 0.269 e. The summed E-state index contributed by atoms with van der Waals surface area (Å²) in [5.74, 6) is -3.50. The van der Waals surface area contributed by atoms with Gasteiger partial charge in [-0.3, -0.25) is 14.8 Å². The molecule has 0 bridgehead atoms. The number of rotatable bonds is 8. The van der Waals surface area contributed by atoms with Crippen LogP contribution in [0.3, 0.4) is 0 Å². The van der Waals surface area contributed by atoms with Gasteiger partial charge in [-0.1, -0.05) is 24.3 Å². The first kappa shape index (κ1) is 28.3. The summed E-state index contributed by atoms with van der Waals surface area (Å²) in [6.07, 6.45) is 0.749. The first-order chi connectivity index (χ1) is 20.1. The van der Waals surface area contributed by atoms with Gasteiger partial charge in [0.1, 0.15) is 35.0 Å². The number of anilines is 2. The molecule has 0 saturated heterocycles. The van der Waals surface area contributed by atoms with Crippen molar-refractivity contribution in [1.29, 1.82) is 5.41 Å². The Balaban J connectivity index is 1.60. The minimum Gasteiger partial charge on any atom is -0.488 e. The number of nitrogens with zero attached hydrogens (tertiary/aromatic N) is 4. The van der Waals surface area contributed by atoms with Gasteiger partial charge in [0, 0.05) is 5.56 Å². The molecular formula is C30H26F3N7O2. The number of hydrogen-bond donors (Lipinski definition) is 3. The Morgan fingerprint density at radius 1 is 0.976 bits per heavy atom. The van der Waals surface area contributed by atoms with Crippen LogP contribution < -0.4 is 21.3 Å². The summed E-state index contributed by atoms with van der Waals surface area (Å²) in [5, 5.41) is 11.6. The summed E-state index contributed by atoms with van der Waals surface area (Å²) in [7, 11) is 0. The minimum atomic E-state index is -1.29. The van der Waals surface area contributed by atoms with Gasteiger partial charge >= 0.3 is 0 Å². The molecule has 2 aromatic heterocycles. The molecule has 0 saturated carbocycles. The van der Waals surface area contributed by atoms with Crippen molar-refractivity contribution in [3.05, 3.63) is 112 Å². The molecule has 5 rings (SSSR count). The van der Waals surface area contributed by atoms with Crippen molar-refractivity contribution in [2.45, 2.75) is 32.9 Å². The number of nitrogens with two attached hydrogens (primary N) is 1. The Hall–Kier alpha value is -5.26. The van der Waals surface area contributed by atoms with Crippen molar-refractivity contribution in [1.82, 2.24) is 19.5 Å². The van der Waals surface area contributed by atoms with Crippen LogP contribution in [-0.2, 0) is 0 Å². The molecule has 0 radical (unpaired) electrons. The predicted molar refractivity (Wildman–Crippen MR) is 154 cm³/mol. The van der Waals surface area contributed by atoms with Crippen LogP contribution in [0.15, 0.2) is 71.8 Å². The number of para-hydroxylation sites is 1. The summed E-state index contributed by atoms with van der Waals surface area (Å²) in [5.41, 5.74) is 5.11. The van der Waals surface area contributed by atoms with Crippen LogP contribution in [0, 0.1) is 22.9 Å². The third-order valence-corrected chi connectivity index (χ3v) is 6.43. The van der Waals surface area contributed by atoms with Gasteiger partial charge in [-0.25, -0.2) is 23.7 Å². The summed E-state index contributed by atoms with van der Waals surface area (Å²) in [4.78, 5) is 26.3. The van der Waals surface area contributed by atoms with Crippen LogP contribution in [0.1, 0.15) is 43.8 Å². The predicted octanol–water partition coefficient (Wildman–Crippen LogP) is 5.55. The van der Waals surface area contributed by atoms with Crippen LogP contribution in [0.2, 0.25) is 0 Å². The molecule has 12 heteroatoms. The van der Waals surface area contributed by atoms with Crippen LogP contribution in [0.5, 0.6) is 5.75 Å². The minimum absolute atomic E-state index is 0.00974. The first-order valence-electron chi connectivity index (χ1n) is 13.0. The average Bonchev–Trinajstić information content (AvgIpc) is 2.95. The number of hydrogen-bond acceptors (Lipinski definition) is 8. The fraction of sp³-hybridized carbons (Fsp3) is 0.167. The Bertz CT molecular complexity index is 1880. The highest BCUT2D eigenvalue weighted by atomic mass is 19.2. The van der Waals surface area contributed by atoms with E-state index in [0.717, 1.165) is 6.33 Å². The quantitative estimate of drug-likeness (QED) is 0.207. The Labute approximate surface area is 238 Å². The lowest BCUT2D eigenvalue weighted by molar-refractivity contribution is 0.228. The fourth-order valence-corrected chi connectivity index (χ4v) is 4.55. The van der Waals surface area contributed by atoms with Crippen LogP contribution in [0.25, 0.3) is 16.6 Å². The lowest BCUT2D eigenvalue weighted by atomic mass is 10.0. The number of ether oxygens (including phenoxy) is 1. The third kappa shape index (κ3) is 5.14. The second kappa shape index (κ2) is 11.3. The van der Waals surface area contributed by atoms with E-state index in [1.165, 1.54) is 34.9 Å². The van der Waals surface area contributed by atoms with Crippen molar-refractivity contribution < 1.29 is 17.9 Å². The monoisotopic (exact) mass is 573 g/mol. The van der Waals surface area contributed by atoms with Gasteiger partial charge in [0.2, 0.25) is 5.82 Å². The first-order valence-corrected chi connectivity index (χ1v) is 13.0. The van der Waals surface area contributed by atoms with E-state index in [9.17, 15) is 13.6 Å². The van der Waals surface area contributed by atoms with E-state index in [-0.39, 0.29) is 45.2 Å². The normalized spacial score (nSPS) is 12.0. The molecule has 3 aromatic carbocycles. The zero-order valence-corrected chi connectivity index (χ0v) is 22.8. The molecule has 1 unspecified atom stereocenters. The molecule has 5 aromatic rings. The van der Waals surface area contributed by atoms with Gasteiger partial charge in [0.15, 0.2) is 11.6 Å². The highest BCUT2D eigenvalue weighted by Crippen LogP contribution is 2.30. The zero-order chi connectivity index (χ0) is 30.1.